The molecule has 3 nitrogen and oxygen atoms in total. The van der Waals surface area contributed by atoms with Gasteiger partial charge in [-0.15, -0.1) is 0 Å². The summed E-state index contributed by atoms with van der Waals surface area (Å²) in [5.74, 6) is 1.89. The second kappa shape index (κ2) is 5.02. The van der Waals surface area contributed by atoms with Gasteiger partial charge in [0.25, 0.3) is 0 Å². The predicted molar refractivity (Wildman–Crippen MR) is 63.1 cm³/mol. The average Bonchev–Trinajstić information content (AvgIpc) is 2.64. The summed E-state index contributed by atoms with van der Waals surface area (Å²) in [4.78, 5) is 0. The van der Waals surface area contributed by atoms with Gasteiger partial charge in [0.05, 0.1) is 6.54 Å². The van der Waals surface area contributed by atoms with Gasteiger partial charge in [-0.1, -0.05) is 13.3 Å². The van der Waals surface area contributed by atoms with Crippen LogP contribution in [0.2, 0.25) is 0 Å². The Labute approximate surface area is 97.2 Å². The Morgan fingerprint density at radius 1 is 1.38 bits per heavy atom. The third-order valence-corrected chi connectivity index (χ3v) is 3.42. The summed E-state index contributed by atoms with van der Waals surface area (Å²) >= 11 is 0. The van der Waals surface area contributed by atoms with Crippen LogP contribution in [0.25, 0.3) is 0 Å². The first-order chi connectivity index (χ1) is 7.72. The molecule has 0 atom stereocenters. The molecule has 1 aliphatic carbocycles. The molecule has 3 heteroatoms. The van der Waals surface area contributed by atoms with Gasteiger partial charge in [0.15, 0.2) is 0 Å². The van der Waals surface area contributed by atoms with Gasteiger partial charge in [0.2, 0.25) is 0 Å². The maximum Gasteiger partial charge on any atom is 0.129 e. The molecule has 0 saturated heterocycles. The van der Waals surface area contributed by atoms with E-state index in [1.165, 1.54) is 19.3 Å². The highest BCUT2D eigenvalue weighted by molar-refractivity contribution is 5.06. The van der Waals surface area contributed by atoms with Crippen LogP contribution in [0, 0.1) is 5.41 Å². The molecule has 90 valence electrons. The zero-order valence-corrected chi connectivity index (χ0v) is 10.2. The van der Waals surface area contributed by atoms with Gasteiger partial charge < -0.3 is 14.5 Å². The van der Waals surface area contributed by atoms with Crippen LogP contribution in [0.4, 0.5) is 0 Å². The largest absolute Gasteiger partial charge is 0.462 e. The van der Waals surface area contributed by atoms with E-state index < -0.39 is 0 Å². The second-order valence-corrected chi connectivity index (χ2v) is 5.07. The van der Waals surface area contributed by atoms with Crippen molar-refractivity contribution in [2.75, 3.05) is 13.7 Å². The Morgan fingerprint density at radius 2 is 2.12 bits per heavy atom. The Balaban J connectivity index is 1.72. The number of rotatable bonds is 6. The van der Waals surface area contributed by atoms with E-state index in [0.29, 0.717) is 12.0 Å². The highest BCUT2D eigenvalue weighted by Crippen LogP contribution is 2.39. The molecule has 0 unspecified atom stereocenters. The summed E-state index contributed by atoms with van der Waals surface area (Å²) in [5, 5.41) is 3.46. The molecular weight excluding hydrogens is 202 g/mol. The molecule has 0 radical (unpaired) electrons. The Hall–Kier alpha value is -0.800. The van der Waals surface area contributed by atoms with E-state index in [-0.39, 0.29) is 0 Å². The van der Waals surface area contributed by atoms with Gasteiger partial charge in [0.1, 0.15) is 18.1 Å². The molecule has 16 heavy (non-hydrogen) atoms. The molecule has 0 bridgehead atoms. The standard InChI is InChI=1S/C13H21NO2/c1-13(6-3-7-13)10-14-8-11-4-5-12(16-11)9-15-2/h4-5,14H,3,6-10H2,1-2H3. The molecule has 1 N–H and O–H groups in total. The minimum atomic E-state index is 0.530. The van der Waals surface area contributed by atoms with E-state index in [4.69, 9.17) is 9.15 Å². The van der Waals surface area contributed by atoms with Crippen LogP contribution in [0.1, 0.15) is 37.7 Å². The molecule has 2 rings (SSSR count). The molecular formula is C13H21NO2. The first-order valence-corrected chi connectivity index (χ1v) is 5.99. The summed E-state index contributed by atoms with van der Waals surface area (Å²) in [5.41, 5.74) is 0.530. The topological polar surface area (TPSA) is 34.4 Å². The number of hydrogen-bond donors (Lipinski definition) is 1. The van der Waals surface area contributed by atoms with Crippen LogP contribution in [0.15, 0.2) is 16.5 Å². The van der Waals surface area contributed by atoms with Gasteiger partial charge >= 0.3 is 0 Å². The third-order valence-electron chi connectivity index (χ3n) is 3.42. The van der Waals surface area contributed by atoms with Crippen LogP contribution in [-0.4, -0.2) is 13.7 Å². The number of nitrogens with one attached hydrogen (secondary N) is 1. The Kier molecular flexibility index (Phi) is 3.66. The van der Waals surface area contributed by atoms with Crippen molar-refractivity contribution in [1.29, 1.82) is 0 Å². The van der Waals surface area contributed by atoms with Crippen LogP contribution in [-0.2, 0) is 17.9 Å². The molecule has 1 aromatic heterocycles. The fourth-order valence-electron chi connectivity index (χ4n) is 2.18. The lowest BCUT2D eigenvalue weighted by molar-refractivity contribution is 0.152. The zero-order valence-electron chi connectivity index (χ0n) is 10.2. The van der Waals surface area contributed by atoms with Crippen molar-refractivity contribution in [2.45, 2.75) is 39.3 Å². The zero-order chi connectivity index (χ0) is 11.4. The van der Waals surface area contributed by atoms with Crippen molar-refractivity contribution >= 4 is 0 Å². The predicted octanol–water partition coefficient (Wildman–Crippen LogP) is 2.71. The van der Waals surface area contributed by atoms with Crippen molar-refractivity contribution < 1.29 is 9.15 Å². The molecule has 0 aliphatic heterocycles. The maximum absolute atomic E-state index is 5.60. The van der Waals surface area contributed by atoms with Crippen molar-refractivity contribution in [3.05, 3.63) is 23.7 Å². The number of furan rings is 1. The molecule has 0 amide bonds. The highest BCUT2D eigenvalue weighted by Gasteiger charge is 2.30. The SMILES string of the molecule is COCc1ccc(CNCC2(C)CCC2)o1. The quantitative estimate of drug-likeness (QED) is 0.805. The molecule has 1 fully saturated rings. The lowest BCUT2D eigenvalue weighted by Crippen LogP contribution is -2.36. The maximum atomic E-state index is 5.60. The lowest BCUT2D eigenvalue weighted by atomic mass is 9.70. The molecule has 0 aromatic carbocycles. The first kappa shape index (κ1) is 11.7. The van der Waals surface area contributed by atoms with Crippen molar-refractivity contribution in [3.8, 4) is 0 Å². The summed E-state index contributed by atoms with van der Waals surface area (Å²) in [6.45, 7) is 4.81. The lowest BCUT2D eigenvalue weighted by Gasteiger charge is -2.38. The summed E-state index contributed by atoms with van der Waals surface area (Å²) in [6, 6.07) is 4.00. The van der Waals surface area contributed by atoms with Crippen LogP contribution < -0.4 is 5.32 Å². The van der Waals surface area contributed by atoms with Crippen LogP contribution in [0.5, 0.6) is 0 Å². The monoisotopic (exact) mass is 223 g/mol. The molecule has 0 spiro atoms. The summed E-state index contributed by atoms with van der Waals surface area (Å²) < 4.78 is 10.6. The Bertz CT molecular complexity index is 328. The van der Waals surface area contributed by atoms with Gasteiger partial charge in [0, 0.05) is 13.7 Å². The average molecular weight is 223 g/mol. The second-order valence-electron chi connectivity index (χ2n) is 5.07. The Morgan fingerprint density at radius 3 is 2.75 bits per heavy atom. The van der Waals surface area contributed by atoms with Crippen LogP contribution >= 0.6 is 0 Å². The minimum Gasteiger partial charge on any atom is -0.462 e. The van der Waals surface area contributed by atoms with Gasteiger partial charge in [-0.3, -0.25) is 0 Å². The van der Waals surface area contributed by atoms with E-state index in [9.17, 15) is 0 Å². The van der Waals surface area contributed by atoms with E-state index in [1.807, 2.05) is 12.1 Å². The normalized spacial score (nSPS) is 18.4. The van der Waals surface area contributed by atoms with Gasteiger partial charge in [-0.05, 0) is 30.4 Å². The van der Waals surface area contributed by atoms with Gasteiger partial charge in [-0.2, -0.15) is 0 Å². The van der Waals surface area contributed by atoms with Crippen molar-refractivity contribution in [2.24, 2.45) is 5.41 Å². The fourth-order valence-corrected chi connectivity index (χ4v) is 2.18. The van der Waals surface area contributed by atoms with E-state index in [0.717, 1.165) is 24.6 Å². The van der Waals surface area contributed by atoms with Crippen molar-refractivity contribution in [1.82, 2.24) is 5.32 Å². The van der Waals surface area contributed by atoms with Gasteiger partial charge in [-0.25, -0.2) is 0 Å². The third kappa shape index (κ3) is 2.86. The highest BCUT2D eigenvalue weighted by atomic mass is 16.5. The number of hydrogen-bond acceptors (Lipinski definition) is 3. The smallest absolute Gasteiger partial charge is 0.129 e. The molecule has 1 heterocycles. The molecule has 1 aromatic rings. The summed E-state index contributed by atoms with van der Waals surface area (Å²) in [6.07, 6.45) is 4.09. The van der Waals surface area contributed by atoms with E-state index in [1.54, 1.807) is 7.11 Å². The number of ether oxygens (including phenoxy) is 1. The summed E-state index contributed by atoms with van der Waals surface area (Å²) in [7, 11) is 1.68. The van der Waals surface area contributed by atoms with Crippen LogP contribution in [0.3, 0.4) is 0 Å². The van der Waals surface area contributed by atoms with E-state index >= 15 is 0 Å². The van der Waals surface area contributed by atoms with E-state index in [2.05, 4.69) is 12.2 Å². The molecule has 1 aliphatic rings. The minimum absolute atomic E-state index is 0.530. The molecule has 1 saturated carbocycles. The fraction of sp³-hybridized carbons (Fsp3) is 0.692. The number of methoxy groups -OCH3 is 1. The first-order valence-electron chi connectivity index (χ1n) is 5.99. The van der Waals surface area contributed by atoms with Crippen molar-refractivity contribution in [3.63, 3.8) is 0 Å².